The summed E-state index contributed by atoms with van der Waals surface area (Å²) >= 11 is 0. The number of pyridine rings is 1. The summed E-state index contributed by atoms with van der Waals surface area (Å²) < 4.78 is 0. The van der Waals surface area contributed by atoms with Gasteiger partial charge in [-0.05, 0) is 18.9 Å². The van der Waals surface area contributed by atoms with Gasteiger partial charge in [-0.3, -0.25) is 14.6 Å². The van der Waals surface area contributed by atoms with Crippen LogP contribution in [-0.4, -0.2) is 34.1 Å². The number of nitrogens with zero attached hydrogens (tertiary/aromatic N) is 1. The summed E-state index contributed by atoms with van der Waals surface area (Å²) in [5, 5.41) is 15.9. The summed E-state index contributed by atoms with van der Waals surface area (Å²) in [5.74, 6) is -0.576. The fourth-order valence-electron chi connectivity index (χ4n) is 2.79. The van der Waals surface area contributed by atoms with Crippen LogP contribution in [0, 0.1) is 0 Å². The van der Waals surface area contributed by atoms with Crippen LogP contribution in [0.5, 0.6) is 0 Å². The molecule has 0 spiro atoms. The predicted octanol–water partition coefficient (Wildman–Crippen LogP) is 1.86. The average molecular weight is 305 g/mol. The first kappa shape index (κ1) is 16.4. The van der Waals surface area contributed by atoms with Gasteiger partial charge in [0.25, 0.3) is 5.91 Å². The number of amides is 2. The molecule has 2 rings (SSSR count). The number of aromatic nitrogens is 1. The topological polar surface area (TPSA) is 91.3 Å². The van der Waals surface area contributed by atoms with Crippen molar-refractivity contribution < 1.29 is 14.7 Å². The third-order valence-electron chi connectivity index (χ3n) is 3.99. The van der Waals surface area contributed by atoms with Gasteiger partial charge in [-0.25, -0.2) is 0 Å². The molecule has 1 aromatic heterocycles. The lowest BCUT2D eigenvalue weighted by molar-refractivity contribution is -0.114. The number of aliphatic hydroxyl groups is 1. The van der Waals surface area contributed by atoms with E-state index in [9.17, 15) is 14.7 Å². The van der Waals surface area contributed by atoms with E-state index in [2.05, 4.69) is 15.6 Å². The number of anilines is 1. The molecule has 3 N–H and O–H groups in total. The summed E-state index contributed by atoms with van der Waals surface area (Å²) in [5.41, 5.74) is -0.101. The van der Waals surface area contributed by atoms with Gasteiger partial charge in [-0.2, -0.15) is 0 Å². The van der Waals surface area contributed by atoms with E-state index in [1.165, 1.54) is 19.3 Å². The Balaban J connectivity index is 2.01. The van der Waals surface area contributed by atoms with Crippen molar-refractivity contribution in [2.45, 2.75) is 51.0 Å². The van der Waals surface area contributed by atoms with E-state index in [0.717, 1.165) is 25.7 Å². The lowest BCUT2D eigenvalue weighted by Crippen LogP contribution is -2.42. The van der Waals surface area contributed by atoms with E-state index in [-0.39, 0.29) is 18.4 Å². The minimum Gasteiger partial charge on any atom is -0.388 e. The van der Waals surface area contributed by atoms with Crippen LogP contribution in [0.2, 0.25) is 0 Å². The molecule has 0 saturated heterocycles. The predicted molar refractivity (Wildman–Crippen MR) is 83.5 cm³/mol. The molecule has 120 valence electrons. The molecule has 22 heavy (non-hydrogen) atoms. The molecule has 1 aliphatic rings. The number of hydrogen-bond acceptors (Lipinski definition) is 4. The van der Waals surface area contributed by atoms with Gasteiger partial charge in [0.1, 0.15) is 0 Å². The number of rotatable bonds is 4. The van der Waals surface area contributed by atoms with Crippen molar-refractivity contribution in [1.82, 2.24) is 10.3 Å². The molecule has 0 unspecified atom stereocenters. The standard InChI is InChI=1S/C16H23N3O3/c1-12(20)19-14-10-17-9-6-13(14)15(21)18-11-16(22)7-4-2-3-5-8-16/h6,9-10,22H,2-5,7-8,11H2,1H3,(H,18,21)(H,19,20). The molecule has 1 fully saturated rings. The minimum atomic E-state index is -0.826. The highest BCUT2D eigenvalue weighted by molar-refractivity contribution is 6.03. The van der Waals surface area contributed by atoms with Gasteiger partial charge < -0.3 is 15.7 Å². The van der Waals surface area contributed by atoms with E-state index >= 15 is 0 Å². The van der Waals surface area contributed by atoms with E-state index in [1.54, 1.807) is 6.07 Å². The molecule has 2 amide bonds. The third kappa shape index (κ3) is 4.53. The Kier molecular flexibility index (Phi) is 5.49. The number of nitrogens with one attached hydrogen (secondary N) is 2. The van der Waals surface area contributed by atoms with Crippen LogP contribution in [0.4, 0.5) is 5.69 Å². The molecule has 1 aliphatic carbocycles. The summed E-state index contributed by atoms with van der Waals surface area (Å²) in [6.07, 6.45) is 8.60. The quantitative estimate of drug-likeness (QED) is 0.740. The smallest absolute Gasteiger partial charge is 0.253 e. The summed E-state index contributed by atoms with van der Waals surface area (Å²) in [7, 11) is 0. The molecule has 6 heteroatoms. The SMILES string of the molecule is CC(=O)Nc1cnccc1C(=O)NCC1(O)CCCCCC1. The van der Waals surface area contributed by atoms with E-state index in [4.69, 9.17) is 0 Å². The van der Waals surface area contributed by atoms with Crippen molar-refractivity contribution in [1.29, 1.82) is 0 Å². The number of carbonyl (C=O) groups excluding carboxylic acids is 2. The van der Waals surface area contributed by atoms with Gasteiger partial charge in [-0.1, -0.05) is 25.7 Å². The zero-order chi connectivity index (χ0) is 16.0. The highest BCUT2D eigenvalue weighted by Crippen LogP contribution is 2.26. The maximum Gasteiger partial charge on any atom is 0.253 e. The molecule has 0 aromatic carbocycles. The Morgan fingerprint density at radius 2 is 1.95 bits per heavy atom. The van der Waals surface area contributed by atoms with Crippen LogP contribution >= 0.6 is 0 Å². The minimum absolute atomic E-state index is 0.230. The van der Waals surface area contributed by atoms with Crippen LogP contribution in [-0.2, 0) is 4.79 Å². The lowest BCUT2D eigenvalue weighted by Gasteiger charge is -2.27. The average Bonchev–Trinajstić information content (AvgIpc) is 2.70. The van der Waals surface area contributed by atoms with Gasteiger partial charge in [0.2, 0.25) is 5.91 Å². The van der Waals surface area contributed by atoms with E-state index in [0.29, 0.717) is 24.1 Å². The molecule has 6 nitrogen and oxygen atoms in total. The molecule has 1 aromatic rings. The van der Waals surface area contributed by atoms with Crippen molar-refractivity contribution in [3.63, 3.8) is 0 Å². The maximum atomic E-state index is 12.3. The Labute approximate surface area is 130 Å². The Bertz CT molecular complexity index is 537. The van der Waals surface area contributed by atoms with Gasteiger partial charge in [0.15, 0.2) is 0 Å². The molecule has 1 heterocycles. The molecule has 1 saturated carbocycles. The number of hydrogen-bond donors (Lipinski definition) is 3. The zero-order valence-corrected chi connectivity index (χ0v) is 12.9. The van der Waals surface area contributed by atoms with E-state index in [1.807, 2.05) is 0 Å². The van der Waals surface area contributed by atoms with Crippen LogP contribution in [0.15, 0.2) is 18.5 Å². The third-order valence-corrected chi connectivity index (χ3v) is 3.99. The fraction of sp³-hybridized carbons (Fsp3) is 0.562. The van der Waals surface area contributed by atoms with Crippen molar-refractivity contribution >= 4 is 17.5 Å². The molecule has 0 aliphatic heterocycles. The van der Waals surface area contributed by atoms with E-state index < -0.39 is 5.60 Å². The zero-order valence-electron chi connectivity index (χ0n) is 12.9. The molecule has 0 bridgehead atoms. The Hall–Kier alpha value is -1.95. The first-order valence-corrected chi connectivity index (χ1v) is 7.72. The summed E-state index contributed by atoms with van der Waals surface area (Å²) in [6, 6.07) is 1.55. The fourth-order valence-corrected chi connectivity index (χ4v) is 2.79. The molecular formula is C16H23N3O3. The monoisotopic (exact) mass is 305 g/mol. The van der Waals surface area contributed by atoms with Crippen molar-refractivity contribution in [3.05, 3.63) is 24.0 Å². The van der Waals surface area contributed by atoms with Gasteiger partial charge in [-0.15, -0.1) is 0 Å². The van der Waals surface area contributed by atoms with Gasteiger partial charge in [0.05, 0.1) is 23.0 Å². The van der Waals surface area contributed by atoms with Crippen LogP contribution in [0.25, 0.3) is 0 Å². The summed E-state index contributed by atoms with van der Waals surface area (Å²) in [6.45, 7) is 1.61. The maximum absolute atomic E-state index is 12.3. The number of carbonyl (C=O) groups is 2. The second kappa shape index (κ2) is 7.35. The molecule has 0 atom stereocenters. The van der Waals surface area contributed by atoms with Gasteiger partial charge >= 0.3 is 0 Å². The summed E-state index contributed by atoms with van der Waals surface area (Å²) in [4.78, 5) is 27.4. The first-order chi connectivity index (χ1) is 10.5. The second-order valence-electron chi connectivity index (χ2n) is 5.92. The lowest BCUT2D eigenvalue weighted by atomic mass is 9.94. The highest BCUT2D eigenvalue weighted by atomic mass is 16.3. The molecular weight excluding hydrogens is 282 g/mol. The van der Waals surface area contributed by atoms with Crippen LogP contribution in [0.3, 0.4) is 0 Å². The van der Waals surface area contributed by atoms with Crippen LogP contribution in [0.1, 0.15) is 55.8 Å². The van der Waals surface area contributed by atoms with Gasteiger partial charge in [0, 0.05) is 19.7 Å². The Morgan fingerprint density at radius 3 is 2.59 bits per heavy atom. The first-order valence-electron chi connectivity index (χ1n) is 7.72. The van der Waals surface area contributed by atoms with Crippen molar-refractivity contribution in [2.75, 3.05) is 11.9 Å². The molecule has 0 radical (unpaired) electrons. The van der Waals surface area contributed by atoms with Crippen molar-refractivity contribution in [3.8, 4) is 0 Å². The normalized spacial score (nSPS) is 17.4. The van der Waals surface area contributed by atoms with Crippen LogP contribution < -0.4 is 10.6 Å². The largest absolute Gasteiger partial charge is 0.388 e. The highest BCUT2D eigenvalue weighted by Gasteiger charge is 2.28. The Morgan fingerprint density at radius 1 is 1.27 bits per heavy atom. The van der Waals surface area contributed by atoms with Crippen molar-refractivity contribution in [2.24, 2.45) is 0 Å². The second-order valence-corrected chi connectivity index (χ2v) is 5.92.